The molecular weight excluding hydrogens is 326 g/mol. The van der Waals surface area contributed by atoms with Gasteiger partial charge in [-0.05, 0) is 70.6 Å². The maximum absolute atomic E-state index is 5.87. The van der Waals surface area contributed by atoms with E-state index in [1.54, 1.807) is 0 Å². The summed E-state index contributed by atoms with van der Waals surface area (Å²) in [5, 5.41) is 1.25. The summed E-state index contributed by atoms with van der Waals surface area (Å²) >= 11 is 3.41. The molecule has 1 aromatic carbocycles. The maximum Gasteiger partial charge on any atom is 0.0648 e. The largest absolute Gasteiger partial charge is 0.341 e. The molecule has 0 aliphatic heterocycles. The third-order valence-corrected chi connectivity index (χ3v) is 3.98. The van der Waals surface area contributed by atoms with Gasteiger partial charge in [0.05, 0.1) is 12.2 Å². The second kappa shape index (κ2) is 6.00. The van der Waals surface area contributed by atoms with Crippen LogP contribution in [0.2, 0.25) is 0 Å². The van der Waals surface area contributed by atoms with Crippen molar-refractivity contribution in [1.29, 1.82) is 0 Å². The van der Waals surface area contributed by atoms with Crippen LogP contribution in [-0.4, -0.2) is 15.6 Å². The summed E-state index contributed by atoms with van der Waals surface area (Å²) in [4.78, 5) is 4.43. The summed E-state index contributed by atoms with van der Waals surface area (Å²) in [6.45, 7) is 2.82. The Hall–Kier alpha value is -1.65. The lowest BCUT2D eigenvalue weighted by molar-refractivity contribution is 0.738. The van der Waals surface area contributed by atoms with Gasteiger partial charge in [-0.25, -0.2) is 0 Å². The Balaban J connectivity index is 1.88. The van der Waals surface area contributed by atoms with Crippen LogP contribution in [0.15, 0.2) is 53.3 Å². The summed E-state index contributed by atoms with van der Waals surface area (Å²) in [5.74, 6) is 0. The maximum atomic E-state index is 5.87. The predicted molar refractivity (Wildman–Crippen MR) is 90.3 cm³/mol. The van der Waals surface area contributed by atoms with Gasteiger partial charge in [0.2, 0.25) is 0 Å². The van der Waals surface area contributed by atoms with Crippen molar-refractivity contribution >= 4 is 26.8 Å². The minimum Gasteiger partial charge on any atom is -0.341 e. The smallest absolute Gasteiger partial charge is 0.0648 e. The van der Waals surface area contributed by atoms with Crippen molar-refractivity contribution < 1.29 is 0 Å². The van der Waals surface area contributed by atoms with Gasteiger partial charge in [0.15, 0.2) is 0 Å². The first-order chi connectivity index (χ1) is 10.1. The number of hydrogen-bond donors (Lipinski definition) is 1. The Kier molecular flexibility index (Phi) is 4.08. The monoisotopic (exact) mass is 343 g/mol. The fourth-order valence-electron chi connectivity index (χ4n) is 2.56. The Morgan fingerprint density at radius 2 is 2.10 bits per heavy atom. The lowest BCUT2D eigenvalue weighted by atomic mass is 10.1. The number of hydrogen-bond acceptors (Lipinski definition) is 2. The highest BCUT2D eigenvalue weighted by molar-refractivity contribution is 9.10. The number of benzene rings is 1. The molecule has 0 amide bonds. The molecule has 3 aromatic rings. The molecule has 4 heteroatoms. The number of pyridine rings is 1. The average Bonchev–Trinajstić information content (AvgIpc) is 2.83. The van der Waals surface area contributed by atoms with Crippen molar-refractivity contribution in [3.63, 3.8) is 0 Å². The van der Waals surface area contributed by atoms with Gasteiger partial charge in [-0.15, -0.1) is 0 Å². The third-order valence-electron chi connectivity index (χ3n) is 3.51. The van der Waals surface area contributed by atoms with E-state index >= 15 is 0 Å². The van der Waals surface area contributed by atoms with E-state index < -0.39 is 0 Å². The number of rotatable bonds is 4. The first-order valence-electron chi connectivity index (χ1n) is 7.05. The molecule has 2 heterocycles. The van der Waals surface area contributed by atoms with Crippen LogP contribution >= 0.6 is 15.9 Å². The number of nitrogens with two attached hydrogens (primary N) is 1. The van der Waals surface area contributed by atoms with Crippen molar-refractivity contribution in [1.82, 2.24) is 9.55 Å². The van der Waals surface area contributed by atoms with E-state index in [9.17, 15) is 0 Å². The van der Waals surface area contributed by atoms with Crippen LogP contribution in [0.4, 0.5) is 0 Å². The quantitative estimate of drug-likeness (QED) is 0.784. The molecule has 21 heavy (non-hydrogen) atoms. The molecule has 0 spiro atoms. The molecule has 0 bridgehead atoms. The molecule has 0 saturated heterocycles. The van der Waals surface area contributed by atoms with Crippen LogP contribution in [0.5, 0.6) is 0 Å². The Bertz CT molecular complexity index is 744. The van der Waals surface area contributed by atoms with Gasteiger partial charge < -0.3 is 10.3 Å². The van der Waals surface area contributed by atoms with Crippen molar-refractivity contribution in [3.8, 4) is 0 Å². The molecule has 3 nitrogen and oxygen atoms in total. The second-order valence-electron chi connectivity index (χ2n) is 5.49. The van der Waals surface area contributed by atoms with E-state index in [0.29, 0.717) is 0 Å². The minimum atomic E-state index is 0.191. The number of halogens is 1. The van der Waals surface area contributed by atoms with Gasteiger partial charge in [0, 0.05) is 28.4 Å². The van der Waals surface area contributed by atoms with Gasteiger partial charge in [-0.1, -0.05) is 6.07 Å². The zero-order valence-electron chi connectivity index (χ0n) is 12.0. The van der Waals surface area contributed by atoms with Crippen LogP contribution in [0.25, 0.3) is 10.9 Å². The molecule has 1 atom stereocenters. The lowest BCUT2D eigenvalue weighted by Gasteiger charge is -2.08. The van der Waals surface area contributed by atoms with Crippen molar-refractivity contribution in [2.45, 2.75) is 25.9 Å². The van der Waals surface area contributed by atoms with Crippen LogP contribution in [0.3, 0.4) is 0 Å². The zero-order chi connectivity index (χ0) is 14.8. The summed E-state index contributed by atoms with van der Waals surface area (Å²) in [5.41, 5.74) is 9.44. The summed E-state index contributed by atoms with van der Waals surface area (Å²) < 4.78 is 3.23. The van der Waals surface area contributed by atoms with E-state index in [2.05, 4.69) is 55.9 Å². The highest BCUT2D eigenvalue weighted by Gasteiger charge is 2.05. The predicted octanol–water partition coefficient (Wildman–Crippen LogP) is 3.74. The summed E-state index contributed by atoms with van der Waals surface area (Å²) in [6.07, 6.45) is 4.86. The molecule has 0 aliphatic carbocycles. The molecule has 2 N–H and O–H groups in total. The van der Waals surface area contributed by atoms with Gasteiger partial charge in [0.25, 0.3) is 0 Å². The van der Waals surface area contributed by atoms with Gasteiger partial charge in [-0.3, -0.25) is 4.98 Å². The zero-order valence-corrected chi connectivity index (χ0v) is 13.5. The van der Waals surface area contributed by atoms with E-state index in [-0.39, 0.29) is 6.04 Å². The highest BCUT2D eigenvalue weighted by Crippen LogP contribution is 2.20. The molecular formula is C17H18BrN3. The van der Waals surface area contributed by atoms with Crippen molar-refractivity contribution in [2.75, 3.05) is 0 Å². The van der Waals surface area contributed by atoms with E-state index in [1.165, 1.54) is 16.5 Å². The first-order valence-corrected chi connectivity index (χ1v) is 7.85. The molecule has 0 fully saturated rings. The fraction of sp³-hybridized carbons (Fsp3) is 0.235. The highest BCUT2D eigenvalue weighted by atomic mass is 79.9. The molecule has 3 rings (SSSR count). The lowest BCUT2D eigenvalue weighted by Crippen LogP contribution is -2.17. The van der Waals surface area contributed by atoms with Crippen molar-refractivity contribution in [2.24, 2.45) is 5.73 Å². The molecule has 0 saturated carbocycles. The normalized spacial score (nSPS) is 12.7. The SMILES string of the molecule is CC(N)Cc1ccc2c(ccn2Cc2ccc(Br)cn2)c1. The van der Waals surface area contributed by atoms with E-state index in [4.69, 9.17) is 5.73 Å². The van der Waals surface area contributed by atoms with Crippen molar-refractivity contribution in [3.05, 3.63) is 64.5 Å². The van der Waals surface area contributed by atoms with Crippen LogP contribution in [-0.2, 0) is 13.0 Å². The van der Waals surface area contributed by atoms with Gasteiger partial charge in [-0.2, -0.15) is 0 Å². The summed E-state index contributed by atoms with van der Waals surface area (Å²) in [6, 6.07) is 13.0. The molecule has 0 aliphatic rings. The van der Waals surface area contributed by atoms with Gasteiger partial charge >= 0.3 is 0 Å². The number of fused-ring (bicyclic) bond motifs is 1. The first kappa shape index (κ1) is 14.3. The molecule has 0 radical (unpaired) electrons. The second-order valence-corrected chi connectivity index (χ2v) is 6.40. The molecule has 2 aromatic heterocycles. The Morgan fingerprint density at radius 1 is 1.24 bits per heavy atom. The van der Waals surface area contributed by atoms with E-state index in [0.717, 1.165) is 23.1 Å². The van der Waals surface area contributed by atoms with Crippen LogP contribution in [0, 0.1) is 0 Å². The standard InChI is InChI=1S/C17H18BrN3/c1-12(19)8-13-2-5-17-14(9-13)6-7-21(17)11-16-4-3-15(18)10-20-16/h2-7,9-10,12H,8,11,19H2,1H3. The van der Waals surface area contributed by atoms with Crippen LogP contribution in [0.1, 0.15) is 18.2 Å². The molecule has 1 unspecified atom stereocenters. The van der Waals surface area contributed by atoms with Gasteiger partial charge in [0.1, 0.15) is 0 Å². The fourth-order valence-corrected chi connectivity index (χ4v) is 2.80. The third kappa shape index (κ3) is 3.34. The number of aromatic nitrogens is 2. The Labute approximate surface area is 132 Å². The average molecular weight is 344 g/mol. The van der Waals surface area contributed by atoms with Crippen LogP contribution < -0.4 is 5.73 Å². The number of nitrogens with zero attached hydrogens (tertiary/aromatic N) is 2. The molecule has 108 valence electrons. The Morgan fingerprint density at radius 3 is 2.81 bits per heavy atom. The van der Waals surface area contributed by atoms with E-state index in [1.807, 2.05) is 25.3 Å². The topological polar surface area (TPSA) is 43.8 Å². The minimum absolute atomic E-state index is 0.191. The summed E-state index contributed by atoms with van der Waals surface area (Å²) in [7, 11) is 0.